The van der Waals surface area contributed by atoms with Gasteiger partial charge in [-0.05, 0) is 36.4 Å². The van der Waals surface area contributed by atoms with Crippen molar-refractivity contribution in [2.45, 2.75) is 6.18 Å². The summed E-state index contributed by atoms with van der Waals surface area (Å²) >= 11 is 0. The summed E-state index contributed by atoms with van der Waals surface area (Å²) in [7, 11) is 0. The van der Waals surface area contributed by atoms with E-state index in [0.29, 0.717) is 5.69 Å². The molecule has 5 nitrogen and oxygen atoms in total. The lowest BCUT2D eigenvalue weighted by Crippen LogP contribution is -2.26. The SMILES string of the molecule is O=C(/C=C/c1cnc2ccccc2n1)NCCOc1cccc(C(F)(F)F)c1. The molecule has 3 rings (SSSR count). The van der Waals surface area contributed by atoms with E-state index in [-0.39, 0.29) is 24.8 Å². The smallest absolute Gasteiger partial charge is 0.416 e. The summed E-state index contributed by atoms with van der Waals surface area (Å²) in [5.74, 6) is -0.284. The molecule has 0 radical (unpaired) electrons. The molecule has 28 heavy (non-hydrogen) atoms. The second-order valence-electron chi connectivity index (χ2n) is 5.78. The molecule has 0 aliphatic heterocycles. The van der Waals surface area contributed by atoms with Gasteiger partial charge >= 0.3 is 6.18 Å². The maximum Gasteiger partial charge on any atom is 0.416 e. The molecule has 0 saturated carbocycles. The van der Waals surface area contributed by atoms with Crippen molar-refractivity contribution in [1.82, 2.24) is 15.3 Å². The van der Waals surface area contributed by atoms with Crippen LogP contribution in [0.25, 0.3) is 17.1 Å². The summed E-state index contributed by atoms with van der Waals surface area (Å²) in [5.41, 5.74) is 1.23. The summed E-state index contributed by atoms with van der Waals surface area (Å²) in [4.78, 5) is 20.4. The summed E-state index contributed by atoms with van der Waals surface area (Å²) in [6.45, 7) is 0.180. The molecule has 0 aliphatic rings. The predicted octanol–water partition coefficient (Wildman–Crippen LogP) is 3.86. The lowest BCUT2D eigenvalue weighted by Gasteiger charge is -2.10. The molecule has 2 aromatic carbocycles. The van der Waals surface area contributed by atoms with Gasteiger partial charge in [0.15, 0.2) is 0 Å². The summed E-state index contributed by atoms with van der Waals surface area (Å²) in [6.07, 6.45) is -0.0294. The number of halogens is 3. The quantitative estimate of drug-likeness (QED) is 0.515. The Balaban J connectivity index is 1.47. The van der Waals surface area contributed by atoms with Crippen molar-refractivity contribution < 1.29 is 22.7 Å². The number of fused-ring (bicyclic) bond motifs is 1. The first kappa shape index (κ1) is 19.3. The van der Waals surface area contributed by atoms with Crippen LogP contribution in [0.4, 0.5) is 13.2 Å². The van der Waals surface area contributed by atoms with Gasteiger partial charge in [0, 0.05) is 6.08 Å². The highest BCUT2D eigenvalue weighted by Gasteiger charge is 2.30. The van der Waals surface area contributed by atoms with Gasteiger partial charge in [-0.2, -0.15) is 13.2 Å². The molecule has 3 aromatic rings. The van der Waals surface area contributed by atoms with Crippen LogP contribution in [0.5, 0.6) is 5.75 Å². The first-order valence-electron chi connectivity index (χ1n) is 8.39. The number of amides is 1. The fourth-order valence-corrected chi connectivity index (χ4v) is 2.38. The number of nitrogens with one attached hydrogen (secondary N) is 1. The van der Waals surface area contributed by atoms with Crippen LogP contribution in [0, 0.1) is 0 Å². The van der Waals surface area contributed by atoms with E-state index in [1.165, 1.54) is 24.3 Å². The van der Waals surface area contributed by atoms with Crippen LogP contribution in [0.1, 0.15) is 11.3 Å². The Morgan fingerprint density at radius 2 is 1.89 bits per heavy atom. The first-order chi connectivity index (χ1) is 13.4. The lowest BCUT2D eigenvalue weighted by atomic mass is 10.2. The highest BCUT2D eigenvalue weighted by Crippen LogP contribution is 2.31. The fourth-order valence-electron chi connectivity index (χ4n) is 2.38. The van der Waals surface area contributed by atoms with Gasteiger partial charge in [-0.3, -0.25) is 9.78 Å². The zero-order valence-corrected chi connectivity index (χ0v) is 14.6. The van der Waals surface area contributed by atoms with Crippen molar-refractivity contribution >= 4 is 23.0 Å². The molecule has 1 heterocycles. The Hall–Kier alpha value is -3.42. The molecular weight excluding hydrogens is 371 g/mol. The molecule has 8 heteroatoms. The number of hydrogen-bond acceptors (Lipinski definition) is 4. The Kier molecular flexibility index (Phi) is 5.88. The van der Waals surface area contributed by atoms with Gasteiger partial charge in [0.2, 0.25) is 5.91 Å². The molecule has 0 saturated heterocycles. The third-order valence-electron chi connectivity index (χ3n) is 3.70. The van der Waals surface area contributed by atoms with Crippen molar-refractivity contribution in [3.8, 4) is 5.75 Å². The number of nitrogens with zero attached hydrogens (tertiary/aromatic N) is 2. The molecule has 144 valence electrons. The minimum absolute atomic E-state index is 0.0384. The number of para-hydroxylation sites is 2. The minimum atomic E-state index is -4.43. The second kappa shape index (κ2) is 8.51. The number of carbonyl (C=O) groups excluding carboxylic acids is 1. The standard InChI is InChI=1S/C20H16F3N3O2/c21-20(22,23)14-4-3-5-16(12-14)28-11-10-24-19(27)9-8-15-13-25-17-6-1-2-7-18(17)26-15/h1-9,12-13H,10-11H2,(H,24,27)/b9-8+. The number of benzene rings is 2. The van der Waals surface area contributed by atoms with Crippen LogP contribution in [0.2, 0.25) is 0 Å². The maximum absolute atomic E-state index is 12.6. The van der Waals surface area contributed by atoms with Crippen LogP contribution in [0.15, 0.2) is 60.8 Å². The van der Waals surface area contributed by atoms with E-state index in [1.807, 2.05) is 24.3 Å². The monoisotopic (exact) mass is 387 g/mol. The first-order valence-corrected chi connectivity index (χ1v) is 8.39. The van der Waals surface area contributed by atoms with E-state index >= 15 is 0 Å². The third kappa shape index (κ3) is 5.29. The molecular formula is C20H16F3N3O2. The average Bonchev–Trinajstić information content (AvgIpc) is 2.69. The average molecular weight is 387 g/mol. The zero-order chi connectivity index (χ0) is 20.0. The number of ether oxygens (including phenoxy) is 1. The van der Waals surface area contributed by atoms with Crippen LogP contribution in [0.3, 0.4) is 0 Å². The number of carbonyl (C=O) groups is 1. The number of rotatable bonds is 6. The van der Waals surface area contributed by atoms with Gasteiger partial charge < -0.3 is 10.1 Å². The molecule has 0 bridgehead atoms. The minimum Gasteiger partial charge on any atom is -0.492 e. The van der Waals surface area contributed by atoms with E-state index in [1.54, 1.807) is 6.20 Å². The molecule has 0 aliphatic carbocycles. The Labute approximate surface area is 158 Å². The van der Waals surface area contributed by atoms with Crippen LogP contribution >= 0.6 is 0 Å². The summed E-state index contributed by atoms with van der Waals surface area (Å²) in [5, 5.41) is 2.58. The van der Waals surface area contributed by atoms with Gasteiger partial charge in [0.05, 0.1) is 35.0 Å². The molecule has 0 fully saturated rings. The number of hydrogen-bond donors (Lipinski definition) is 1. The van der Waals surface area contributed by atoms with Crippen LogP contribution in [-0.2, 0) is 11.0 Å². The van der Waals surface area contributed by atoms with Gasteiger partial charge in [-0.15, -0.1) is 0 Å². The Morgan fingerprint density at radius 1 is 1.11 bits per heavy atom. The van der Waals surface area contributed by atoms with E-state index in [4.69, 9.17) is 4.74 Å². The van der Waals surface area contributed by atoms with E-state index < -0.39 is 11.7 Å². The molecule has 0 atom stereocenters. The summed E-state index contributed by atoms with van der Waals surface area (Å²) in [6, 6.07) is 12.0. The maximum atomic E-state index is 12.6. The van der Waals surface area contributed by atoms with E-state index in [2.05, 4.69) is 15.3 Å². The third-order valence-corrected chi connectivity index (χ3v) is 3.70. The number of aromatic nitrogens is 2. The van der Waals surface area contributed by atoms with Crippen molar-refractivity contribution in [1.29, 1.82) is 0 Å². The molecule has 1 N–H and O–H groups in total. The number of alkyl halides is 3. The highest BCUT2D eigenvalue weighted by molar-refractivity contribution is 5.91. The van der Waals surface area contributed by atoms with Gasteiger partial charge in [0.25, 0.3) is 0 Å². The van der Waals surface area contributed by atoms with Crippen LogP contribution < -0.4 is 10.1 Å². The topological polar surface area (TPSA) is 64.1 Å². The largest absolute Gasteiger partial charge is 0.492 e. The van der Waals surface area contributed by atoms with Crippen molar-refractivity contribution in [3.05, 3.63) is 72.1 Å². The van der Waals surface area contributed by atoms with Crippen molar-refractivity contribution in [2.75, 3.05) is 13.2 Å². The van der Waals surface area contributed by atoms with Crippen molar-refractivity contribution in [3.63, 3.8) is 0 Å². The highest BCUT2D eigenvalue weighted by atomic mass is 19.4. The Bertz CT molecular complexity index is 1000. The lowest BCUT2D eigenvalue weighted by molar-refractivity contribution is -0.137. The molecule has 0 unspecified atom stereocenters. The molecule has 1 amide bonds. The normalized spacial score (nSPS) is 11.7. The molecule has 1 aromatic heterocycles. The fraction of sp³-hybridized carbons (Fsp3) is 0.150. The van der Waals surface area contributed by atoms with Gasteiger partial charge in [0.1, 0.15) is 12.4 Å². The second-order valence-corrected chi connectivity index (χ2v) is 5.78. The van der Waals surface area contributed by atoms with E-state index in [9.17, 15) is 18.0 Å². The van der Waals surface area contributed by atoms with Gasteiger partial charge in [-0.25, -0.2) is 4.98 Å². The predicted molar refractivity (Wildman–Crippen MR) is 98.5 cm³/mol. The molecule has 0 spiro atoms. The Morgan fingerprint density at radius 3 is 2.68 bits per heavy atom. The zero-order valence-electron chi connectivity index (χ0n) is 14.6. The van der Waals surface area contributed by atoms with Crippen molar-refractivity contribution in [2.24, 2.45) is 0 Å². The van der Waals surface area contributed by atoms with Gasteiger partial charge in [-0.1, -0.05) is 18.2 Å². The summed E-state index contributed by atoms with van der Waals surface area (Å²) < 4.78 is 43.2. The van der Waals surface area contributed by atoms with E-state index in [0.717, 1.165) is 23.2 Å². The van der Waals surface area contributed by atoms with Crippen LogP contribution in [-0.4, -0.2) is 29.0 Å².